The predicted octanol–water partition coefficient (Wildman–Crippen LogP) is 0.962. The van der Waals surface area contributed by atoms with Gasteiger partial charge in [-0.15, -0.1) is 0 Å². The Kier molecular flexibility index (Phi) is 4.20. The van der Waals surface area contributed by atoms with E-state index in [-0.39, 0.29) is 17.9 Å². The molecule has 1 aliphatic rings. The van der Waals surface area contributed by atoms with Gasteiger partial charge in [-0.25, -0.2) is 0 Å². The number of hydrogen-bond acceptors (Lipinski definition) is 3. The molecular weight excluding hydrogens is 228 g/mol. The Morgan fingerprint density at radius 1 is 1.50 bits per heavy atom. The maximum Gasteiger partial charge on any atom is 0.224 e. The number of nitrogens with one attached hydrogen (secondary N) is 2. The summed E-state index contributed by atoms with van der Waals surface area (Å²) in [6, 6.07) is 8.02. The number of fused-ring (bicyclic) bond motifs is 1. The minimum atomic E-state index is -0.0150. The third-order valence-electron chi connectivity index (χ3n) is 3.18. The first-order valence-corrected chi connectivity index (χ1v) is 6.37. The van der Waals surface area contributed by atoms with Crippen LogP contribution in [0, 0.1) is 5.92 Å². The molecule has 0 saturated heterocycles. The van der Waals surface area contributed by atoms with Crippen LogP contribution >= 0.6 is 0 Å². The molecule has 0 bridgehead atoms. The summed E-state index contributed by atoms with van der Waals surface area (Å²) < 4.78 is 5.77. The molecule has 18 heavy (non-hydrogen) atoms. The molecule has 98 valence electrons. The maximum atomic E-state index is 11.8. The number of ether oxygens (including phenoxy) is 1. The maximum absolute atomic E-state index is 11.8. The lowest BCUT2D eigenvalue weighted by molar-refractivity contribution is -0.124. The monoisotopic (exact) mass is 248 g/mol. The molecular formula is C14H20N2O2. The Morgan fingerprint density at radius 3 is 3.00 bits per heavy atom. The Morgan fingerprint density at radius 2 is 2.28 bits per heavy atom. The second kappa shape index (κ2) is 5.87. The van der Waals surface area contributed by atoms with E-state index in [0.29, 0.717) is 13.1 Å². The molecule has 1 heterocycles. The van der Waals surface area contributed by atoms with Gasteiger partial charge in [0, 0.05) is 18.9 Å². The predicted molar refractivity (Wildman–Crippen MR) is 70.7 cm³/mol. The van der Waals surface area contributed by atoms with Crippen molar-refractivity contribution in [2.45, 2.75) is 19.4 Å². The standard InChI is InChI=1S/C14H20N2O2/c1-10(8-15-2)14(17)16-9-12-7-11-5-3-4-6-13(11)18-12/h3-6,10,12,15H,7-9H2,1-2H3,(H,16,17). The Labute approximate surface area is 108 Å². The minimum absolute atomic E-state index is 0.0150. The van der Waals surface area contributed by atoms with Crippen LogP contribution in [0.1, 0.15) is 12.5 Å². The van der Waals surface area contributed by atoms with Crippen LogP contribution in [-0.2, 0) is 11.2 Å². The molecule has 1 aromatic carbocycles. The molecule has 2 N–H and O–H groups in total. The van der Waals surface area contributed by atoms with Gasteiger partial charge in [0.1, 0.15) is 11.9 Å². The molecule has 4 nitrogen and oxygen atoms in total. The fourth-order valence-electron chi connectivity index (χ4n) is 2.16. The molecule has 2 rings (SSSR count). The lowest BCUT2D eigenvalue weighted by Gasteiger charge is -2.15. The highest BCUT2D eigenvalue weighted by molar-refractivity contribution is 5.78. The van der Waals surface area contributed by atoms with Crippen molar-refractivity contribution in [2.24, 2.45) is 5.92 Å². The molecule has 0 radical (unpaired) electrons. The fraction of sp³-hybridized carbons (Fsp3) is 0.500. The molecule has 1 aromatic rings. The second-order valence-electron chi connectivity index (χ2n) is 4.76. The Hall–Kier alpha value is -1.55. The third-order valence-corrected chi connectivity index (χ3v) is 3.18. The fourth-order valence-corrected chi connectivity index (χ4v) is 2.16. The quantitative estimate of drug-likeness (QED) is 0.816. The first-order chi connectivity index (χ1) is 8.70. The SMILES string of the molecule is CNCC(C)C(=O)NCC1Cc2ccccc2O1. The lowest BCUT2D eigenvalue weighted by atomic mass is 10.1. The Balaban J connectivity index is 1.78. The number of carbonyl (C=O) groups is 1. The van der Waals surface area contributed by atoms with Gasteiger partial charge in [0.05, 0.1) is 6.54 Å². The van der Waals surface area contributed by atoms with Crippen LogP contribution in [0.4, 0.5) is 0 Å². The normalized spacial score (nSPS) is 18.9. The van der Waals surface area contributed by atoms with Crippen molar-refractivity contribution in [3.63, 3.8) is 0 Å². The van der Waals surface area contributed by atoms with Gasteiger partial charge in [-0.3, -0.25) is 4.79 Å². The van der Waals surface area contributed by atoms with Crippen LogP contribution < -0.4 is 15.4 Å². The van der Waals surface area contributed by atoms with Crippen molar-refractivity contribution in [1.29, 1.82) is 0 Å². The summed E-state index contributed by atoms with van der Waals surface area (Å²) in [6.45, 7) is 3.18. The zero-order chi connectivity index (χ0) is 13.0. The van der Waals surface area contributed by atoms with Crippen LogP contribution in [0.25, 0.3) is 0 Å². The van der Waals surface area contributed by atoms with Crippen molar-refractivity contribution in [3.05, 3.63) is 29.8 Å². The average molecular weight is 248 g/mol. The average Bonchev–Trinajstić information content (AvgIpc) is 2.78. The molecule has 0 fully saturated rings. The van der Waals surface area contributed by atoms with Crippen LogP contribution in [0.15, 0.2) is 24.3 Å². The summed E-state index contributed by atoms with van der Waals surface area (Å²) in [7, 11) is 1.85. The van der Waals surface area contributed by atoms with Gasteiger partial charge in [0.25, 0.3) is 0 Å². The molecule has 1 aliphatic heterocycles. The summed E-state index contributed by atoms with van der Waals surface area (Å²) in [5.41, 5.74) is 1.22. The van der Waals surface area contributed by atoms with E-state index in [1.54, 1.807) is 0 Å². The molecule has 4 heteroatoms. The zero-order valence-electron chi connectivity index (χ0n) is 10.9. The van der Waals surface area contributed by atoms with Crippen molar-refractivity contribution < 1.29 is 9.53 Å². The van der Waals surface area contributed by atoms with Crippen LogP contribution in [0.3, 0.4) is 0 Å². The van der Waals surface area contributed by atoms with Gasteiger partial charge >= 0.3 is 0 Å². The molecule has 0 aromatic heterocycles. The van der Waals surface area contributed by atoms with Crippen molar-refractivity contribution in [3.8, 4) is 5.75 Å². The summed E-state index contributed by atoms with van der Waals surface area (Å²) in [4.78, 5) is 11.8. The van der Waals surface area contributed by atoms with Crippen molar-refractivity contribution >= 4 is 5.91 Å². The van der Waals surface area contributed by atoms with E-state index in [9.17, 15) is 4.79 Å². The van der Waals surface area contributed by atoms with Crippen LogP contribution in [0.2, 0.25) is 0 Å². The number of para-hydroxylation sites is 1. The van der Waals surface area contributed by atoms with E-state index in [2.05, 4.69) is 16.7 Å². The molecule has 0 aliphatic carbocycles. The number of hydrogen-bond donors (Lipinski definition) is 2. The van der Waals surface area contributed by atoms with E-state index < -0.39 is 0 Å². The highest BCUT2D eigenvalue weighted by atomic mass is 16.5. The van der Waals surface area contributed by atoms with E-state index in [0.717, 1.165) is 12.2 Å². The zero-order valence-corrected chi connectivity index (χ0v) is 10.9. The van der Waals surface area contributed by atoms with E-state index in [1.165, 1.54) is 5.56 Å². The summed E-state index contributed by atoms with van der Waals surface area (Å²) >= 11 is 0. The molecule has 0 spiro atoms. The highest BCUT2D eigenvalue weighted by Crippen LogP contribution is 2.27. The number of rotatable bonds is 5. The second-order valence-corrected chi connectivity index (χ2v) is 4.76. The molecule has 2 unspecified atom stereocenters. The van der Waals surface area contributed by atoms with Crippen molar-refractivity contribution in [2.75, 3.05) is 20.1 Å². The van der Waals surface area contributed by atoms with E-state index >= 15 is 0 Å². The smallest absolute Gasteiger partial charge is 0.224 e. The highest BCUT2D eigenvalue weighted by Gasteiger charge is 2.23. The summed E-state index contributed by atoms with van der Waals surface area (Å²) in [5, 5.41) is 5.94. The lowest BCUT2D eigenvalue weighted by Crippen LogP contribution is -2.39. The first-order valence-electron chi connectivity index (χ1n) is 6.37. The van der Waals surface area contributed by atoms with E-state index in [4.69, 9.17) is 4.74 Å². The van der Waals surface area contributed by atoms with Gasteiger partial charge in [-0.1, -0.05) is 25.1 Å². The van der Waals surface area contributed by atoms with E-state index in [1.807, 2.05) is 32.2 Å². The third kappa shape index (κ3) is 3.01. The summed E-state index contributed by atoms with van der Waals surface area (Å²) in [5.74, 6) is 1.00. The topological polar surface area (TPSA) is 50.4 Å². The first kappa shape index (κ1) is 12.9. The van der Waals surface area contributed by atoms with Crippen LogP contribution in [-0.4, -0.2) is 32.1 Å². The molecule has 0 saturated carbocycles. The van der Waals surface area contributed by atoms with Gasteiger partial charge in [-0.2, -0.15) is 0 Å². The van der Waals surface area contributed by atoms with Gasteiger partial charge in [-0.05, 0) is 18.7 Å². The molecule has 1 amide bonds. The van der Waals surface area contributed by atoms with Gasteiger partial charge in [0.2, 0.25) is 5.91 Å². The van der Waals surface area contributed by atoms with Crippen LogP contribution in [0.5, 0.6) is 5.75 Å². The van der Waals surface area contributed by atoms with Gasteiger partial charge < -0.3 is 15.4 Å². The van der Waals surface area contributed by atoms with Gasteiger partial charge in [0.15, 0.2) is 0 Å². The number of benzene rings is 1. The van der Waals surface area contributed by atoms with Crippen molar-refractivity contribution in [1.82, 2.24) is 10.6 Å². The minimum Gasteiger partial charge on any atom is -0.488 e. The largest absolute Gasteiger partial charge is 0.488 e. The number of carbonyl (C=O) groups excluding carboxylic acids is 1. The summed E-state index contributed by atoms with van der Waals surface area (Å²) in [6.07, 6.45) is 0.935. The molecule has 2 atom stereocenters. The Bertz CT molecular complexity index is 395. The number of amides is 1.